The number of nitrogens with zero attached hydrogens (tertiary/aromatic N) is 1. The predicted octanol–water partition coefficient (Wildman–Crippen LogP) is 3.67. The van der Waals surface area contributed by atoms with Crippen LogP contribution >= 0.6 is 0 Å². The Kier molecular flexibility index (Phi) is 4.83. The fourth-order valence-corrected chi connectivity index (χ4v) is 1.29. The van der Waals surface area contributed by atoms with Gasteiger partial charge < -0.3 is 9.97 Å². The van der Waals surface area contributed by atoms with Crippen LogP contribution in [0.1, 0.15) is 50.9 Å². The average molecular weight is 219 g/mol. The summed E-state index contributed by atoms with van der Waals surface area (Å²) < 4.78 is 0. The molecule has 0 amide bonds. The smallest absolute Gasteiger partial charge is 0.0921 e. The summed E-state index contributed by atoms with van der Waals surface area (Å²) in [5.41, 5.74) is 2.51. The van der Waals surface area contributed by atoms with E-state index in [2.05, 4.69) is 48.7 Å². The summed E-state index contributed by atoms with van der Waals surface area (Å²) in [4.78, 5) is 10.0. The summed E-state index contributed by atoms with van der Waals surface area (Å²) >= 11 is 0. The van der Waals surface area contributed by atoms with Gasteiger partial charge in [-0.15, -0.1) is 0 Å². The van der Waals surface area contributed by atoms with Crippen molar-refractivity contribution >= 4 is 0 Å². The van der Waals surface area contributed by atoms with Gasteiger partial charge in [0.2, 0.25) is 0 Å². The molecule has 0 saturated carbocycles. The van der Waals surface area contributed by atoms with Crippen molar-refractivity contribution in [3.05, 3.63) is 42.2 Å². The Morgan fingerprint density at radius 2 is 1.69 bits per heavy atom. The van der Waals surface area contributed by atoms with E-state index in [0.717, 1.165) is 0 Å². The normalized spacial score (nSPS) is 10.4. The summed E-state index contributed by atoms with van der Waals surface area (Å²) in [5, 5.41) is 0. The number of aromatic nitrogens is 3. The van der Waals surface area contributed by atoms with E-state index >= 15 is 0 Å². The molecule has 0 bridgehead atoms. The molecule has 16 heavy (non-hydrogen) atoms. The van der Waals surface area contributed by atoms with Crippen molar-refractivity contribution in [1.82, 2.24) is 15.0 Å². The van der Waals surface area contributed by atoms with Crippen molar-refractivity contribution in [1.29, 1.82) is 0 Å². The number of aromatic amines is 2. The van der Waals surface area contributed by atoms with Crippen molar-refractivity contribution in [2.24, 2.45) is 0 Å². The van der Waals surface area contributed by atoms with Gasteiger partial charge in [0.15, 0.2) is 0 Å². The van der Waals surface area contributed by atoms with E-state index in [0.29, 0.717) is 11.8 Å². The molecule has 0 atom stereocenters. The molecule has 2 aromatic heterocycles. The Morgan fingerprint density at radius 1 is 1.00 bits per heavy atom. The van der Waals surface area contributed by atoms with E-state index in [1.807, 2.05) is 18.5 Å². The second-order valence-corrected chi connectivity index (χ2v) is 4.44. The molecule has 2 rings (SSSR count). The van der Waals surface area contributed by atoms with E-state index in [-0.39, 0.29) is 0 Å². The molecule has 2 heterocycles. The summed E-state index contributed by atoms with van der Waals surface area (Å²) in [5.74, 6) is 1.20. The van der Waals surface area contributed by atoms with Crippen molar-refractivity contribution in [3.63, 3.8) is 0 Å². The standard InChI is InChI=1S/C7H11N.C6H10N2/c1-6(2)7-4-3-5-8-7;1-5(2)6-3-7-4-8-6/h3-6,8H,1-2H3;3-5H,1-2H3,(H,7,8). The van der Waals surface area contributed by atoms with E-state index in [1.54, 1.807) is 6.33 Å². The van der Waals surface area contributed by atoms with E-state index in [4.69, 9.17) is 0 Å². The number of hydrogen-bond donors (Lipinski definition) is 2. The molecule has 0 aliphatic rings. The number of hydrogen-bond acceptors (Lipinski definition) is 1. The summed E-state index contributed by atoms with van der Waals surface area (Å²) in [6.45, 7) is 8.61. The molecule has 0 fully saturated rings. The van der Waals surface area contributed by atoms with Crippen LogP contribution in [0.4, 0.5) is 0 Å². The van der Waals surface area contributed by atoms with E-state index in [9.17, 15) is 0 Å². The van der Waals surface area contributed by atoms with Crippen LogP contribution in [-0.2, 0) is 0 Å². The van der Waals surface area contributed by atoms with Crippen LogP contribution in [0.2, 0.25) is 0 Å². The first kappa shape index (κ1) is 12.6. The van der Waals surface area contributed by atoms with Gasteiger partial charge in [-0.05, 0) is 24.0 Å². The fourth-order valence-electron chi connectivity index (χ4n) is 1.29. The van der Waals surface area contributed by atoms with Crippen LogP contribution in [0.5, 0.6) is 0 Å². The average Bonchev–Trinajstić information content (AvgIpc) is 2.93. The van der Waals surface area contributed by atoms with Crippen LogP contribution in [0.25, 0.3) is 0 Å². The third-order valence-corrected chi connectivity index (χ3v) is 2.39. The van der Waals surface area contributed by atoms with Gasteiger partial charge in [0.1, 0.15) is 0 Å². The Balaban J connectivity index is 0.000000160. The van der Waals surface area contributed by atoms with Crippen LogP contribution in [0.3, 0.4) is 0 Å². The molecule has 0 aromatic carbocycles. The zero-order valence-corrected chi connectivity index (χ0v) is 10.5. The Morgan fingerprint density at radius 3 is 1.94 bits per heavy atom. The SMILES string of the molecule is CC(C)c1ccc[nH]1.CC(C)c1cnc[nH]1. The highest BCUT2D eigenvalue weighted by Crippen LogP contribution is 2.09. The monoisotopic (exact) mass is 219 g/mol. The Labute approximate surface area is 97.3 Å². The molecule has 88 valence electrons. The lowest BCUT2D eigenvalue weighted by atomic mass is 10.1. The lowest BCUT2D eigenvalue weighted by Crippen LogP contribution is -1.84. The van der Waals surface area contributed by atoms with Gasteiger partial charge in [-0.2, -0.15) is 0 Å². The van der Waals surface area contributed by atoms with Gasteiger partial charge in [-0.25, -0.2) is 4.98 Å². The molecule has 3 nitrogen and oxygen atoms in total. The summed E-state index contributed by atoms with van der Waals surface area (Å²) in [6, 6.07) is 4.12. The number of imidazole rings is 1. The zero-order chi connectivity index (χ0) is 12.0. The third kappa shape index (κ3) is 3.93. The Bertz CT molecular complexity index is 320. The quantitative estimate of drug-likeness (QED) is 0.795. The number of rotatable bonds is 2. The van der Waals surface area contributed by atoms with Gasteiger partial charge in [-0.1, -0.05) is 27.7 Å². The zero-order valence-electron chi connectivity index (χ0n) is 10.5. The second-order valence-electron chi connectivity index (χ2n) is 4.44. The molecular formula is C13H21N3. The predicted molar refractivity (Wildman–Crippen MR) is 67.6 cm³/mol. The topological polar surface area (TPSA) is 44.5 Å². The molecular weight excluding hydrogens is 198 g/mol. The van der Waals surface area contributed by atoms with E-state index in [1.165, 1.54) is 11.4 Å². The fraction of sp³-hybridized carbons (Fsp3) is 0.462. The van der Waals surface area contributed by atoms with Crippen LogP contribution in [0.15, 0.2) is 30.9 Å². The first-order valence-electron chi connectivity index (χ1n) is 5.72. The van der Waals surface area contributed by atoms with Gasteiger partial charge >= 0.3 is 0 Å². The molecule has 0 aliphatic heterocycles. The van der Waals surface area contributed by atoms with Gasteiger partial charge in [-0.3, -0.25) is 0 Å². The summed E-state index contributed by atoms with van der Waals surface area (Å²) in [6.07, 6.45) is 5.51. The van der Waals surface area contributed by atoms with Crippen molar-refractivity contribution < 1.29 is 0 Å². The maximum Gasteiger partial charge on any atom is 0.0921 e. The highest BCUT2D eigenvalue weighted by molar-refractivity contribution is 5.07. The maximum atomic E-state index is 3.89. The number of H-pyrrole nitrogens is 2. The highest BCUT2D eigenvalue weighted by Gasteiger charge is 1.96. The number of nitrogens with one attached hydrogen (secondary N) is 2. The maximum absolute atomic E-state index is 3.89. The molecule has 3 heteroatoms. The van der Waals surface area contributed by atoms with Crippen LogP contribution in [-0.4, -0.2) is 15.0 Å². The van der Waals surface area contributed by atoms with Crippen LogP contribution < -0.4 is 0 Å². The Hall–Kier alpha value is -1.51. The van der Waals surface area contributed by atoms with Crippen molar-refractivity contribution in [2.45, 2.75) is 39.5 Å². The molecule has 0 spiro atoms. The molecule has 0 saturated heterocycles. The van der Waals surface area contributed by atoms with Gasteiger partial charge in [0, 0.05) is 23.8 Å². The first-order valence-corrected chi connectivity index (χ1v) is 5.72. The van der Waals surface area contributed by atoms with Crippen LogP contribution in [0, 0.1) is 0 Å². The van der Waals surface area contributed by atoms with Crippen molar-refractivity contribution in [2.75, 3.05) is 0 Å². The lowest BCUT2D eigenvalue weighted by molar-refractivity contribution is 0.832. The molecule has 0 aliphatic carbocycles. The molecule has 0 unspecified atom stereocenters. The second kappa shape index (κ2) is 6.16. The molecule has 2 N–H and O–H groups in total. The molecule has 0 radical (unpaired) electrons. The van der Waals surface area contributed by atoms with Gasteiger partial charge in [0.25, 0.3) is 0 Å². The first-order chi connectivity index (χ1) is 7.61. The minimum atomic E-state index is 0.567. The van der Waals surface area contributed by atoms with E-state index < -0.39 is 0 Å². The minimum absolute atomic E-state index is 0.567. The lowest BCUT2D eigenvalue weighted by Gasteiger charge is -1.97. The largest absolute Gasteiger partial charge is 0.365 e. The molecule has 2 aromatic rings. The van der Waals surface area contributed by atoms with Crippen molar-refractivity contribution in [3.8, 4) is 0 Å². The third-order valence-electron chi connectivity index (χ3n) is 2.39. The minimum Gasteiger partial charge on any atom is -0.365 e. The van der Waals surface area contributed by atoms with Gasteiger partial charge in [0.05, 0.1) is 6.33 Å². The highest BCUT2D eigenvalue weighted by atomic mass is 14.9. The summed E-state index contributed by atoms with van der Waals surface area (Å²) in [7, 11) is 0.